The topological polar surface area (TPSA) is 64.9 Å². The van der Waals surface area contributed by atoms with Crippen LogP contribution in [-0.2, 0) is 6.42 Å². The van der Waals surface area contributed by atoms with E-state index >= 15 is 0 Å². The van der Waals surface area contributed by atoms with Gasteiger partial charge < -0.3 is 10.3 Å². The number of benzene rings is 2. The third-order valence-electron chi connectivity index (χ3n) is 3.52. The number of aryl methyl sites for hydroxylation is 1. The first-order valence-corrected chi connectivity index (χ1v) is 6.91. The lowest BCUT2D eigenvalue weighted by Crippen LogP contribution is -2.12. The van der Waals surface area contributed by atoms with Gasteiger partial charge in [-0.3, -0.25) is 0 Å². The van der Waals surface area contributed by atoms with Crippen molar-refractivity contribution in [3.63, 3.8) is 0 Å². The Labute approximate surface area is 123 Å². The van der Waals surface area contributed by atoms with E-state index in [0.29, 0.717) is 18.1 Å². The maximum absolute atomic E-state index is 6.16. The van der Waals surface area contributed by atoms with E-state index in [0.717, 1.165) is 5.56 Å². The molecule has 21 heavy (non-hydrogen) atoms. The Kier molecular flexibility index (Phi) is 3.79. The van der Waals surface area contributed by atoms with Crippen molar-refractivity contribution in [2.24, 2.45) is 5.73 Å². The van der Waals surface area contributed by atoms with E-state index in [2.05, 4.69) is 29.2 Å². The lowest BCUT2D eigenvalue weighted by atomic mass is 10.1. The summed E-state index contributed by atoms with van der Waals surface area (Å²) in [6.45, 7) is 2.08. The van der Waals surface area contributed by atoms with Gasteiger partial charge in [-0.1, -0.05) is 59.8 Å². The first-order valence-electron chi connectivity index (χ1n) is 6.91. The Morgan fingerprint density at radius 3 is 2.52 bits per heavy atom. The minimum Gasteiger partial charge on any atom is -0.337 e. The Balaban J connectivity index is 1.79. The predicted molar refractivity (Wildman–Crippen MR) is 80.8 cm³/mol. The molecule has 0 bridgehead atoms. The fourth-order valence-electron chi connectivity index (χ4n) is 2.25. The largest absolute Gasteiger partial charge is 0.337 e. The molecule has 0 saturated heterocycles. The summed E-state index contributed by atoms with van der Waals surface area (Å²) in [7, 11) is 0. The fraction of sp³-hybridized carbons (Fsp3) is 0.176. The van der Waals surface area contributed by atoms with Crippen molar-refractivity contribution in [2.75, 3.05) is 0 Å². The van der Waals surface area contributed by atoms with Gasteiger partial charge in [-0.15, -0.1) is 0 Å². The maximum Gasteiger partial charge on any atom is 0.248 e. The Hall–Kier alpha value is -2.46. The monoisotopic (exact) mass is 279 g/mol. The smallest absolute Gasteiger partial charge is 0.248 e. The molecular weight excluding hydrogens is 262 g/mol. The molecule has 0 fully saturated rings. The van der Waals surface area contributed by atoms with Crippen molar-refractivity contribution >= 4 is 0 Å². The minimum absolute atomic E-state index is 0.385. The van der Waals surface area contributed by atoms with E-state index < -0.39 is 0 Å². The van der Waals surface area contributed by atoms with Crippen molar-refractivity contribution in [1.29, 1.82) is 0 Å². The first kappa shape index (κ1) is 13.5. The van der Waals surface area contributed by atoms with Crippen LogP contribution < -0.4 is 5.73 Å². The minimum atomic E-state index is -0.385. The molecule has 0 saturated carbocycles. The molecule has 1 atom stereocenters. The molecule has 2 N–H and O–H groups in total. The third-order valence-corrected chi connectivity index (χ3v) is 3.52. The van der Waals surface area contributed by atoms with Crippen LogP contribution in [-0.4, -0.2) is 10.1 Å². The molecule has 3 rings (SSSR count). The van der Waals surface area contributed by atoms with Gasteiger partial charge in [0.2, 0.25) is 5.89 Å². The molecule has 1 aromatic heterocycles. The predicted octanol–water partition coefficient (Wildman–Crippen LogP) is 3.02. The molecule has 106 valence electrons. The van der Waals surface area contributed by atoms with Gasteiger partial charge in [0.05, 0.1) is 0 Å². The highest BCUT2D eigenvalue weighted by atomic mass is 16.5. The second-order valence-electron chi connectivity index (χ2n) is 5.04. The molecule has 0 radical (unpaired) electrons. The van der Waals surface area contributed by atoms with Crippen LogP contribution in [0, 0.1) is 6.92 Å². The summed E-state index contributed by atoms with van der Waals surface area (Å²) >= 11 is 0. The lowest BCUT2D eigenvalue weighted by molar-refractivity contribution is 0.363. The highest BCUT2D eigenvalue weighted by Crippen LogP contribution is 2.18. The molecule has 2 aromatic carbocycles. The molecule has 0 aliphatic heterocycles. The fourth-order valence-corrected chi connectivity index (χ4v) is 2.25. The van der Waals surface area contributed by atoms with Gasteiger partial charge in [0.25, 0.3) is 0 Å². The van der Waals surface area contributed by atoms with E-state index in [1.165, 1.54) is 11.1 Å². The second-order valence-corrected chi connectivity index (χ2v) is 5.04. The van der Waals surface area contributed by atoms with Crippen LogP contribution in [0.5, 0.6) is 0 Å². The van der Waals surface area contributed by atoms with Crippen molar-refractivity contribution in [3.8, 4) is 0 Å². The highest BCUT2D eigenvalue weighted by Gasteiger charge is 2.16. The van der Waals surface area contributed by atoms with Gasteiger partial charge in [-0.25, -0.2) is 0 Å². The molecule has 1 heterocycles. The van der Waals surface area contributed by atoms with E-state index in [4.69, 9.17) is 10.3 Å². The first-order chi connectivity index (χ1) is 10.2. The summed E-state index contributed by atoms with van der Waals surface area (Å²) in [6, 6.07) is 17.5. The number of nitrogens with zero attached hydrogens (tertiary/aromatic N) is 2. The third kappa shape index (κ3) is 3.01. The van der Waals surface area contributed by atoms with Crippen molar-refractivity contribution < 1.29 is 4.52 Å². The quantitative estimate of drug-likeness (QED) is 0.797. The molecule has 0 aliphatic rings. The number of hydrogen-bond donors (Lipinski definition) is 1. The van der Waals surface area contributed by atoms with Crippen LogP contribution in [0.15, 0.2) is 59.1 Å². The highest BCUT2D eigenvalue weighted by molar-refractivity contribution is 5.28. The standard InChI is InChI=1S/C17H17N3O/c1-12-7-5-6-10-14(12)11-15-19-17(21-20-15)16(18)13-8-3-2-4-9-13/h2-10,16H,11,18H2,1H3/t16-/m1/s1. The van der Waals surface area contributed by atoms with Crippen LogP contribution in [0.4, 0.5) is 0 Å². The average Bonchev–Trinajstić information content (AvgIpc) is 2.98. The van der Waals surface area contributed by atoms with Crippen molar-refractivity contribution in [3.05, 3.63) is 83.0 Å². The summed E-state index contributed by atoms with van der Waals surface area (Å²) in [5, 5.41) is 4.03. The Bertz CT molecular complexity index is 722. The van der Waals surface area contributed by atoms with Crippen LogP contribution in [0.3, 0.4) is 0 Å². The molecule has 4 nitrogen and oxygen atoms in total. The number of nitrogens with two attached hydrogens (primary N) is 1. The molecule has 0 spiro atoms. The molecule has 3 aromatic rings. The van der Waals surface area contributed by atoms with Crippen LogP contribution in [0.2, 0.25) is 0 Å². The van der Waals surface area contributed by atoms with Crippen molar-refractivity contribution in [1.82, 2.24) is 10.1 Å². The van der Waals surface area contributed by atoms with Gasteiger partial charge in [-0.05, 0) is 23.6 Å². The number of aromatic nitrogens is 2. The second kappa shape index (κ2) is 5.89. The zero-order chi connectivity index (χ0) is 14.7. The Morgan fingerprint density at radius 1 is 1.05 bits per heavy atom. The van der Waals surface area contributed by atoms with Crippen LogP contribution in [0.1, 0.15) is 34.4 Å². The number of hydrogen-bond acceptors (Lipinski definition) is 4. The molecule has 0 aliphatic carbocycles. The SMILES string of the molecule is Cc1ccccc1Cc1noc([C@H](N)c2ccccc2)n1. The van der Waals surface area contributed by atoms with E-state index in [9.17, 15) is 0 Å². The number of rotatable bonds is 4. The van der Waals surface area contributed by atoms with Gasteiger partial charge in [-0.2, -0.15) is 4.98 Å². The van der Waals surface area contributed by atoms with Crippen LogP contribution >= 0.6 is 0 Å². The van der Waals surface area contributed by atoms with E-state index in [1.807, 2.05) is 42.5 Å². The van der Waals surface area contributed by atoms with E-state index in [-0.39, 0.29) is 6.04 Å². The molecule has 0 unspecified atom stereocenters. The van der Waals surface area contributed by atoms with Gasteiger partial charge in [0.15, 0.2) is 5.82 Å². The van der Waals surface area contributed by atoms with Crippen LogP contribution in [0.25, 0.3) is 0 Å². The average molecular weight is 279 g/mol. The van der Waals surface area contributed by atoms with Gasteiger partial charge in [0.1, 0.15) is 6.04 Å². The summed E-state index contributed by atoms with van der Waals surface area (Å²) in [4.78, 5) is 4.42. The van der Waals surface area contributed by atoms with Gasteiger partial charge >= 0.3 is 0 Å². The Morgan fingerprint density at radius 2 is 1.76 bits per heavy atom. The van der Waals surface area contributed by atoms with Gasteiger partial charge in [0, 0.05) is 6.42 Å². The lowest BCUT2D eigenvalue weighted by Gasteiger charge is -2.05. The van der Waals surface area contributed by atoms with Crippen molar-refractivity contribution in [2.45, 2.75) is 19.4 Å². The normalized spacial score (nSPS) is 12.3. The zero-order valence-corrected chi connectivity index (χ0v) is 11.9. The maximum atomic E-state index is 6.16. The summed E-state index contributed by atoms with van der Waals surface area (Å²) in [5.41, 5.74) is 9.53. The summed E-state index contributed by atoms with van der Waals surface area (Å²) in [6.07, 6.45) is 0.650. The summed E-state index contributed by atoms with van der Waals surface area (Å²) in [5.74, 6) is 1.11. The van der Waals surface area contributed by atoms with E-state index in [1.54, 1.807) is 0 Å². The molecular formula is C17H17N3O. The molecule has 4 heteroatoms. The zero-order valence-electron chi connectivity index (χ0n) is 11.9. The molecule has 0 amide bonds. The summed E-state index contributed by atoms with van der Waals surface area (Å²) < 4.78 is 5.31.